The molecule has 70 valence electrons. The van der Waals surface area contributed by atoms with Crippen molar-refractivity contribution in [2.45, 2.75) is 38.6 Å². The van der Waals surface area contributed by atoms with Crippen LogP contribution in [0.15, 0.2) is 0 Å². The van der Waals surface area contributed by atoms with E-state index in [0.29, 0.717) is 12.8 Å². The minimum absolute atomic E-state index is 0.164. The van der Waals surface area contributed by atoms with Crippen molar-refractivity contribution in [3.63, 3.8) is 0 Å². The molecule has 1 heterocycles. The number of rotatable bonds is 3. The van der Waals surface area contributed by atoms with Crippen molar-refractivity contribution in [3.05, 3.63) is 0 Å². The minimum atomic E-state index is -0.946. The highest BCUT2D eigenvalue weighted by Crippen LogP contribution is 2.29. The summed E-state index contributed by atoms with van der Waals surface area (Å²) in [6.07, 6.45) is 0.588. The Hall–Kier alpha value is -0.610. The van der Waals surface area contributed by atoms with E-state index in [1.54, 1.807) is 0 Å². The van der Waals surface area contributed by atoms with E-state index >= 15 is 0 Å². The highest BCUT2D eigenvalue weighted by molar-refractivity contribution is 5.72. The van der Waals surface area contributed by atoms with Gasteiger partial charge in [0.25, 0.3) is 0 Å². The highest BCUT2D eigenvalue weighted by atomic mass is 16.7. The molecule has 1 saturated heterocycles. The van der Waals surface area contributed by atoms with Crippen LogP contribution in [0.1, 0.15) is 26.7 Å². The molecule has 1 aliphatic heterocycles. The highest BCUT2D eigenvalue weighted by Gasteiger charge is 2.41. The normalized spacial score (nSPS) is 27.3. The molecule has 0 amide bonds. The number of hydrogen-bond acceptors (Lipinski definition) is 3. The molecule has 0 aliphatic carbocycles. The largest absolute Gasteiger partial charge is 0.479 e. The Balaban J connectivity index is 2.58. The summed E-state index contributed by atoms with van der Waals surface area (Å²) < 4.78 is 10.6. The fourth-order valence-corrected chi connectivity index (χ4v) is 1.30. The molecule has 1 rings (SSSR count). The first-order valence-corrected chi connectivity index (χ1v) is 4.18. The molecular weight excluding hydrogens is 160 g/mol. The minimum Gasteiger partial charge on any atom is -0.479 e. The van der Waals surface area contributed by atoms with E-state index < -0.39 is 17.9 Å². The van der Waals surface area contributed by atoms with Gasteiger partial charge in [-0.05, 0) is 12.8 Å². The van der Waals surface area contributed by atoms with Gasteiger partial charge >= 0.3 is 5.97 Å². The molecule has 0 bridgehead atoms. The van der Waals surface area contributed by atoms with Gasteiger partial charge < -0.3 is 14.6 Å². The average molecular weight is 174 g/mol. The number of carboxylic acid groups (broad SMARTS) is 1. The van der Waals surface area contributed by atoms with Gasteiger partial charge in [0, 0.05) is 0 Å². The van der Waals surface area contributed by atoms with Crippen molar-refractivity contribution < 1.29 is 19.4 Å². The molecule has 1 N–H and O–H groups in total. The summed E-state index contributed by atoms with van der Waals surface area (Å²) in [5.74, 6) is -1.60. The zero-order valence-corrected chi connectivity index (χ0v) is 7.37. The molecule has 0 aromatic carbocycles. The molecule has 0 radical (unpaired) electrons. The zero-order valence-electron chi connectivity index (χ0n) is 7.37. The van der Waals surface area contributed by atoms with E-state index in [1.807, 2.05) is 13.8 Å². The van der Waals surface area contributed by atoms with Crippen molar-refractivity contribution in [1.82, 2.24) is 0 Å². The molecule has 12 heavy (non-hydrogen) atoms. The second-order valence-corrected chi connectivity index (χ2v) is 2.87. The molecular formula is C8H14O4. The predicted molar refractivity (Wildman–Crippen MR) is 41.8 cm³/mol. The summed E-state index contributed by atoms with van der Waals surface area (Å²) in [5, 5.41) is 8.63. The summed E-state index contributed by atoms with van der Waals surface area (Å²) >= 11 is 0. The molecule has 1 atom stereocenters. The van der Waals surface area contributed by atoms with Crippen molar-refractivity contribution in [2.75, 3.05) is 6.61 Å². The van der Waals surface area contributed by atoms with Crippen LogP contribution in [0, 0.1) is 0 Å². The Kier molecular flexibility index (Phi) is 2.69. The van der Waals surface area contributed by atoms with Gasteiger partial charge in [-0.2, -0.15) is 0 Å². The third-order valence-electron chi connectivity index (χ3n) is 2.21. The van der Waals surface area contributed by atoms with Crippen LogP contribution in [0.2, 0.25) is 0 Å². The van der Waals surface area contributed by atoms with Crippen molar-refractivity contribution in [2.24, 2.45) is 0 Å². The van der Waals surface area contributed by atoms with Crippen LogP contribution in [-0.2, 0) is 14.3 Å². The first kappa shape index (κ1) is 9.48. The number of carboxylic acids is 1. The molecule has 0 unspecified atom stereocenters. The molecule has 4 nitrogen and oxygen atoms in total. The van der Waals surface area contributed by atoms with E-state index in [0.717, 1.165) is 0 Å². The maximum atomic E-state index is 10.5. The Labute approximate surface area is 71.5 Å². The van der Waals surface area contributed by atoms with Gasteiger partial charge in [0.1, 0.15) is 0 Å². The third kappa shape index (κ3) is 1.59. The summed E-state index contributed by atoms with van der Waals surface area (Å²) in [6, 6.07) is 0. The van der Waals surface area contributed by atoms with Crippen LogP contribution in [-0.4, -0.2) is 29.6 Å². The third-order valence-corrected chi connectivity index (χ3v) is 2.21. The van der Waals surface area contributed by atoms with Crippen LogP contribution in [0.4, 0.5) is 0 Å². The monoisotopic (exact) mass is 174 g/mol. The lowest BCUT2D eigenvalue weighted by Gasteiger charge is -2.24. The molecule has 1 fully saturated rings. The van der Waals surface area contributed by atoms with Crippen LogP contribution in [0.5, 0.6) is 0 Å². The molecule has 4 heteroatoms. The summed E-state index contributed by atoms with van der Waals surface area (Å²) in [6.45, 7) is 4.01. The summed E-state index contributed by atoms with van der Waals surface area (Å²) in [5.41, 5.74) is 0. The average Bonchev–Trinajstić information content (AvgIpc) is 2.49. The lowest BCUT2D eigenvalue weighted by Crippen LogP contribution is -2.31. The Bertz CT molecular complexity index is 174. The van der Waals surface area contributed by atoms with Gasteiger partial charge in [0.05, 0.1) is 6.61 Å². The zero-order chi connectivity index (χ0) is 9.19. The van der Waals surface area contributed by atoms with Crippen molar-refractivity contribution in [1.29, 1.82) is 0 Å². The quantitative estimate of drug-likeness (QED) is 0.693. The predicted octanol–water partition coefficient (Wildman–Crippen LogP) is 1.00. The second-order valence-electron chi connectivity index (χ2n) is 2.87. The fraction of sp³-hybridized carbons (Fsp3) is 0.875. The van der Waals surface area contributed by atoms with Crippen LogP contribution in [0.25, 0.3) is 0 Å². The SMILES string of the molecule is CCC1(CC)OC[C@H](C(=O)O)O1. The standard InChI is InChI=1S/C8H14O4/c1-3-8(4-2)11-5-6(12-8)7(9)10/h6H,3-5H2,1-2H3,(H,9,10)/t6-/m1/s1. The van der Waals surface area contributed by atoms with Gasteiger partial charge in [-0.3, -0.25) is 0 Å². The number of ether oxygens (including phenoxy) is 2. The van der Waals surface area contributed by atoms with Crippen LogP contribution < -0.4 is 0 Å². The maximum Gasteiger partial charge on any atom is 0.335 e. The van der Waals surface area contributed by atoms with E-state index in [4.69, 9.17) is 14.6 Å². The number of carbonyl (C=O) groups is 1. The fourth-order valence-electron chi connectivity index (χ4n) is 1.30. The maximum absolute atomic E-state index is 10.5. The number of aliphatic carboxylic acids is 1. The van der Waals surface area contributed by atoms with E-state index in [9.17, 15) is 4.79 Å². The Morgan fingerprint density at radius 1 is 1.58 bits per heavy atom. The van der Waals surface area contributed by atoms with Gasteiger partial charge in [0.15, 0.2) is 11.9 Å². The van der Waals surface area contributed by atoms with Crippen molar-refractivity contribution in [3.8, 4) is 0 Å². The van der Waals surface area contributed by atoms with Crippen LogP contribution >= 0.6 is 0 Å². The van der Waals surface area contributed by atoms with Crippen LogP contribution in [0.3, 0.4) is 0 Å². The topological polar surface area (TPSA) is 55.8 Å². The van der Waals surface area contributed by atoms with Gasteiger partial charge in [-0.25, -0.2) is 4.79 Å². The van der Waals surface area contributed by atoms with E-state index in [1.165, 1.54) is 0 Å². The van der Waals surface area contributed by atoms with Gasteiger partial charge in [-0.15, -0.1) is 0 Å². The molecule has 0 saturated carbocycles. The molecule has 0 aromatic heterocycles. The second kappa shape index (κ2) is 3.41. The lowest BCUT2D eigenvalue weighted by molar-refractivity contribution is -0.182. The van der Waals surface area contributed by atoms with E-state index in [2.05, 4.69) is 0 Å². The Morgan fingerprint density at radius 3 is 2.42 bits per heavy atom. The molecule has 0 aromatic rings. The first-order valence-electron chi connectivity index (χ1n) is 4.18. The Morgan fingerprint density at radius 2 is 2.17 bits per heavy atom. The molecule has 1 aliphatic rings. The van der Waals surface area contributed by atoms with E-state index in [-0.39, 0.29) is 6.61 Å². The number of hydrogen-bond donors (Lipinski definition) is 1. The summed E-state index contributed by atoms with van der Waals surface area (Å²) in [7, 11) is 0. The molecule has 0 spiro atoms. The first-order chi connectivity index (χ1) is 5.63. The lowest BCUT2D eigenvalue weighted by atomic mass is 10.1. The van der Waals surface area contributed by atoms with Gasteiger partial charge in [-0.1, -0.05) is 13.8 Å². The smallest absolute Gasteiger partial charge is 0.335 e. The van der Waals surface area contributed by atoms with Gasteiger partial charge in [0.2, 0.25) is 0 Å². The van der Waals surface area contributed by atoms with Crippen molar-refractivity contribution >= 4 is 5.97 Å². The summed E-state index contributed by atoms with van der Waals surface area (Å²) in [4.78, 5) is 10.5.